The molecule has 1 rings (SSSR count). The quantitative estimate of drug-likeness (QED) is 0.614. The zero-order valence-electron chi connectivity index (χ0n) is 6.74. The maximum absolute atomic E-state index is 9.24. The lowest BCUT2D eigenvalue weighted by Gasteiger charge is -2.03. The molecule has 68 valence electrons. The Morgan fingerprint density at radius 2 is 2.00 bits per heavy atom. The number of benzene rings is 1. The Kier molecular flexibility index (Phi) is 4.47. The van der Waals surface area contributed by atoms with Crippen molar-refractivity contribution in [2.75, 3.05) is 7.05 Å². The fraction of sp³-hybridized carbons (Fsp3) is 0.250. The van der Waals surface area contributed by atoms with E-state index in [1.165, 1.54) is 6.07 Å². The van der Waals surface area contributed by atoms with E-state index in [2.05, 4.69) is 5.32 Å². The first-order valence-corrected chi connectivity index (χ1v) is 3.40. The van der Waals surface area contributed by atoms with E-state index in [-0.39, 0.29) is 23.9 Å². The summed E-state index contributed by atoms with van der Waals surface area (Å²) < 4.78 is 0. The van der Waals surface area contributed by atoms with Crippen molar-refractivity contribution in [2.45, 2.75) is 6.54 Å². The van der Waals surface area contributed by atoms with Crippen LogP contribution in [0.4, 0.5) is 0 Å². The molecule has 0 atom stereocenters. The predicted octanol–water partition coefficient (Wildman–Crippen LogP) is 1.24. The topological polar surface area (TPSA) is 52.5 Å². The highest BCUT2D eigenvalue weighted by molar-refractivity contribution is 5.85. The van der Waals surface area contributed by atoms with Gasteiger partial charge in [0.2, 0.25) is 0 Å². The van der Waals surface area contributed by atoms with Crippen LogP contribution in [0.3, 0.4) is 0 Å². The zero-order chi connectivity index (χ0) is 8.27. The smallest absolute Gasteiger partial charge is 0.161 e. The molecule has 4 heteroatoms. The van der Waals surface area contributed by atoms with Gasteiger partial charge in [-0.25, -0.2) is 0 Å². The molecule has 0 aliphatic heterocycles. The largest absolute Gasteiger partial charge is 0.504 e. The Hall–Kier alpha value is -0.930. The summed E-state index contributed by atoms with van der Waals surface area (Å²) in [6.45, 7) is 0.556. The lowest BCUT2D eigenvalue weighted by atomic mass is 10.2. The summed E-state index contributed by atoms with van der Waals surface area (Å²) >= 11 is 0. The minimum Gasteiger partial charge on any atom is -0.504 e. The van der Waals surface area contributed by atoms with E-state index < -0.39 is 0 Å². The highest BCUT2D eigenvalue weighted by Gasteiger charge is 2.02. The molecule has 1 aromatic rings. The van der Waals surface area contributed by atoms with Gasteiger partial charge < -0.3 is 15.5 Å². The molecule has 0 aromatic heterocycles. The minimum absolute atomic E-state index is 0. The van der Waals surface area contributed by atoms with Gasteiger partial charge in [0.15, 0.2) is 11.5 Å². The number of hydrogen-bond acceptors (Lipinski definition) is 3. The van der Waals surface area contributed by atoms with Crippen molar-refractivity contribution >= 4 is 12.4 Å². The molecule has 0 aliphatic rings. The third kappa shape index (κ3) is 2.29. The Labute approximate surface area is 77.5 Å². The second-order valence-corrected chi connectivity index (χ2v) is 2.32. The zero-order valence-corrected chi connectivity index (χ0v) is 7.56. The minimum atomic E-state index is -0.0715. The lowest BCUT2D eigenvalue weighted by molar-refractivity contribution is 0.398. The number of nitrogens with one attached hydrogen (secondary N) is 1. The molecule has 0 spiro atoms. The first-order valence-electron chi connectivity index (χ1n) is 3.40. The molecule has 1 aromatic carbocycles. The summed E-state index contributed by atoms with van der Waals surface area (Å²) in [5, 5.41) is 21.2. The number of phenols is 2. The number of halogens is 1. The molecule has 3 nitrogen and oxygen atoms in total. The van der Waals surface area contributed by atoms with E-state index in [1.54, 1.807) is 19.2 Å². The SMILES string of the molecule is CNCc1cccc(O)c1O.Cl. The molecular weight excluding hydrogens is 178 g/mol. The van der Waals surface area contributed by atoms with Crippen molar-refractivity contribution in [3.63, 3.8) is 0 Å². The predicted molar refractivity (Wildman–Crippen MR) is 49.8 cm³/mol. The summed E-state index contributed by atoms with van der Waals surface area (Å²) in [5.41, 5.74) is 0.701. The van der Waals surface area contributed by atoms with Crippen LogP contribution in [0.25, 0.3) is 0 Å². The van der Waals surface area contributed by atoms with Crippen LogP contribution in [0, 0.1) is 0 Å². The van der Waals surface area contributed by atoms with Crippen LogP contribution >= 0.6 is 12.4 Å². The molecule has 0 bridgehead atoms. The first kappa shape index (κ1) is 11.1. The third-order valence-electron chi connectivity index (χ3n) is 1.47. The normalized spacial score (nSPS) is 9.08. The summed E-state index contributed by atoms with van der Waals surface area (Å²) in [6, 6.07) is 4.90. The summed E-state index contributed by atoms with van der Waals surface area (Å²) in [5.74, 6) is -0.111. The van der Waals surface area contributed by atoms with Crippen LogP contribution in [0.2, 0.25) is 0 Å². The number of para-hydroxylation sites is 1. The van der Waals surface area contributed by atoms with E-state index in [0.717, 1.165) is 0 Å². The van der Waals surface area contributed by atoms with E-state index in [0.29, 0.717) is 12.1 Å². The molecule has 0 fully saturated rings. The first-order chi connectivity index (χ1) is 5.25. The fourth-order valence-corrected chi connectivity index (χ4v) is 0.911. The second kappa shape index (κ2) is 4.85. The van der Waals surface area contributed by atoms with Gasteiger partial charge >= 0.3 is 0 Å². The van der Waals surface area contributed by atoms with Gasteiger partial charge in [-0.05, 0) is 13.1 Å². The average Bonchev–Trinajstić information content (AvgIpc) is 1.99. The standard InChI is InChI=1S/C8H11NO2.ClH/c1-9-5-6-3-2-4-7(10)8(6)11;/h2-4,9-11H,5H2,1H3;1H. The highest BCUT2D eigenvalue weighted by atomic mass is 35.5. The van der Waals surface area contributed by atoms with Gasteiger partial charge in [0.1, 0.15) is 0 Å². The van der Waals surface area contributed by atoms with E-state index in [1.807, 2.05) is 0 Å². The lowest BCUT2D eigenvalue weighted by Crippen LogP contribution is -2.04. The Morgan fingerprint density at radius 3 is 2.58 bits per heavy atom. The Bertz CT molecular complexity index is 253. The molecule has 0 heterocycles. The molecule has 0 saturated carbocycles. The fourth-order valence-electron chi connectivity index (χ4n) is 0.911. The molecule has 0 saturated heterocycles. The van der Waals surface area contributed by atoms with E-state index >= 15 is 0 Å². The Balaban J connectivity index is 0.00000121. The van der Waals surface area contributed by atoms with Crippen LogP contribution in [0.1, 0.15) is 5.56 Å². The van der Waals surface area contributed by atoms with Crippen molar-refractivity contribution in [2.24, 2.45) is 0 Å². The van der Waals surface area contributed by atoms with Crippen LogP contribution in [-0.4, -0.2) is 17.3 Å². The number of hydrogen-bond donors (Lipinski definition) is 3. The number of rotatable bonds is 2. The van der Waals surface area contributed by atoms with E-state index in [4.69, 9.17) is 5.11 Å². The molecule has 0 amide bonds. The molecular formula is C8H12ClNO2. The third-order valence-corrected chi connectivity index (χ3v) is 1.47. The second-order valence-electron chi connectivity index (χ2n) is 2.32. The molecule has 0 unspecified atom stereocenters. The van der Waals surface area contributed by atoms with Crippen LogP contribution < -0.4 is 5.32 Å². The van der Waals surface area contributed by atoms with Gasteiger partial charge in [0.25, 0.3) is 0 Å². The summed E-state index contributed by atoms with van der Waals surface area (Å²) in [7, 11) is 1.78. The maximum atomic E-state index is 9.24. The summed E-state index contributed by atoms with van der Waals surface area (Å²) in [6.07, 6.45) is 0. The molecule has 3 N–H and O–H groups in total. The van der Waals surface area contributed by atoms with Gasteiger partial charge in [-0.1, -0.05) is 12.1 Å². The molecule has 0 aliphatic carbocycles. The van der Waals surface area contributed by atoms with Crippen molar-refractivity contribution < 1.29 is 10.2 Å². The number of aromatic hydroxyl groups is 2. The molecule has 0 radical (unpaired) electrons. The van der Waals surface area contributed by atoms with Crippen molar-refractivity contribution in [1.29, 1.82) is 0 Å². The van der Waals surface area contributed by atoms with Gasteiger partial charge in [-0.2, -0.15) is 0 Å². The van der Waals surface area contributed by atoms with Crippen LogP contribution in [-0.2, 0) is 6.54 Å². The van der Waals surface area contributed by atoms with Gasteiger partial charge in [0.05, 0.1) is 0 Å². The maximum Gasteiger partial charge on any atom is 0.161 e. The van der Waals surface area contributed by atoms with Gasteiger partial charge in [-0.3, -0.25) is 0 Å². The monoisotopic (exact) mass is 189 g/mol. The van der Waals surface area contributed by atoms with Gasteiger partial charge in [-0.15, -0.1) is 12.4 Å². The van der Waals surface area contributed by atoms with Crippen LogP contribution in [0.5, 0.6) is 11.5 Å². The van der Waals surface area contributed by atoms with Gasteiger partial charge in [0, 0.05) is 12.1 Å². The average molecular weight is 190 g/mol. The Morgan fingerprint density at radius 1 is 1.33 bits per heavy atom. The van der Waals surface area contributed by atoms with E-state index in [9.17, 15) is 5.11 Å². The van der Waals surface area contributed by atoms with Crippen molar-refractivity contribution in [3.8, 4) is 11.5 Å². The van der Waals surface area contributed by atoms with Crippen LogP contribution in [0.15, 0.2) is 18.2 Å². The summed E-state index contributed by atoms with van der Waals surface area (Å²) in [4.78, 5) is 0. The highest BCUT2D eigenvalue weighted by Crippen LogP contribution is 2.27. The van der Waals surface area contributed by atoms with Crippen molar-refractivity contribution in [1.82, 2.24) is 5.32 Å². The van der Waals surface area contributed by atoms with Crippen molar-refractivity contribution in [3.05, 3.63) is 23.8 Å². The molecule has 12 heavy (non-hydrogen) atoms. The number of phenolic OH excluding ortho intramolecular Hbond substituents is 2.